The molecule has 152 valence electrons. The molecule has 2 N–H and O–H groups in total. The number of allylic oxidation sites excluding steroid dienone is 1. The molecule has 1 atom stereocenters. The van der Waals surface area contributed by atoms with Crippen molar-refractivity contribution in [1.29, 1.82) is 0 Å². The molecule has 1 heterocycles. The van der Waals surface area contributed by atoms with Crippen LogP contribution in [0.2, 0.25) is 0 Å². The Bertz CT molecular complexity index is 950. The first-order valence-corrected chi connectivity index (χ1v) is 9.15. The van der Waals surface area contributed by atoms with Gasteiger partial charge in [-0.15, -0.1) is 0 Å². The summed E-state index contributed by atoms with van der Waals surface area (Å²) < 4.78 is 16.1. The number of methoxy groups -OCH3 is 2. The molecule has 0 fully saturated rings. The Hall–Kier alpha value is -3.48. The van der Waals surface area contributed by atoms with Gasteiger partial charge in [0.1, 0.15) is 6.61 Å². The Morgan fingerprint density at radius 1 is 1.00 bits per heavy atom. The van der Waals surface area contributed by atoms with Gasteiger partial charge < -0.3 is 24.8 Å². The molecule has 0 saturated heterocycles. The van der Waals surface area contributed by atoms with Crippen LogP contribution >= 0.6 is 0 Å². The molecule has 0 aromatic heterocycles. The predicted octanol–water partition coefficient (Wildman–Crippen LogP) is 3.38. The first-order valence-electron chi connectivity index (χ1n) is 9.15. The average molecular weight is 396 g/mol. The summed E-state index contributed by atoms with van der Waals surface area (Å²) in [5.74, 6) is 0.555. The zero-order chi connectivity index (χ0) is 21.0. The van der Waals surface area contributed by atoms with Gasteiger partial charge in [0.2, 0.25) is 0 Å². The Labute approximate surface area is 169 Å². The normalized spacial score (nSPS) is 16.0. The van der Waals surface area contributed by atoms with Gasteiger partial charge in [0.05, 0.1) is 25.8 Å². The highest BCUT2D eigenvalue weighted by atomic mass is 16.5. The van der Waals surface area contributed by atoms with E-state index in [9.17, 15) is 9.59 Å². The number of carbonyl (C=O) groups excluding carboxylic acids is 2. The summed E-state index contributed by atoms with van der Waals surface area (Å²) in [4.78, 5) is 24.9. The van der Waals surface area contributed by atoms with Crippen molar-refractivity contribution in [3.63, 3.8) is 0 Å². The van der Waals surface area contributed by atoms with Crippen molar-refractivity contribution in [2.24, 2.45) is 0 Å². The van der Waals surface area contributed by atoms with E-state index in [1.165, 1.54) is 7.11 Å². The van der Waals surface area contributed by atoms with Crippen LogP contribution in [0.15, 0.2) is 53.7 Å². The molecule has 0 spiro atoms. The topological polar surface area (TPSA) is 85.9 Å². The first kappa shape index (κ1) is 20.3. The number of benzene rings is 2. The van der Waals surface area contributed by atoms with E-state index in [0.717, 1.165) is 11.1 Å². The third-order valence-corrected chi connectivity index (χ3v) is 4.72. The van der Waals surface area contributed by atoms with E-state index in [4.69, 9.17) is 14.2 Å². The highest BCUT2D eigenvalue weighted by Gasteiger charge is 2.32. The second kappa shape index (κ2) is 8.68. The molecule has 7 nitrogen and oxygen atoms in total. The fourth-order valence-electron chi connectivity index (χ4n) is 3.16. The van der Waals surface area contributed by atoms with E-state index in [1.54, 1.807) is 32.2 Å². The maximum absolute atomic E-state index is 12.9. The quantitative estimate of drug-likeness (QED) is 0.731. The molecule has 0 bridgehead atoms. The number of hydrogen-bond donors (Lipinski definition) is 2. The number of rotatable bonds is 6. The lowest BCUT2D eigenvalue weighted by Gasteiger charge is -2.28. The van der Waals surface area contributed by atoms with Crippen molar-refractivity contribution in [2.75, 3.05) is 14.2 Å². The van der Waals surface area contributed by atoms with Crippen LogP contribution < -0.4 is 20.1 Å². The van der Waals surface area contributed by atoms with Crippen LogP contribution in [0.3, 0.4) is 0 Å². The van der Waals surface area contributed by atoms with Gasteiger partial charge in [0.15, 0.2) is 11.5 Å². The lowest BCUT2D eigenvalue weighted by molar-refractivity contribution is -0.140. The second-order valence-corrected chi connectivity index (χ2v) is 6.75. The van der Waals surface area contributed by atoms with Gasteiger partial charge >= 0.3 is 12.0 Å². The molecule has 29 heavy (non-hydrogen) atoms. The smallest absolute Gasteiger partial charge is 0.338 e. The zero-order valence-corrected chi connectivity index (χ0v) is 16.9. The first-order chi connectivity index (χ1) is 13.9. The standard InChI is InChI=1S/C22H24N2O5/c1-13-5-7-15(8-6-13)12-29-21(25)19-14(2)23-22(26)24-20(19)16-9-10-17(27-3)18(11-16)28-4/h5-11,20H,12H2,1-4H3,(H2,23,24,26)/t20-/m1/s1. The van der Waals surface area contributed by atoms with E-state index < -0.39 is 18.0 Å². The maximum Gasteiger partial charge on any atom is 0.338 e. The summed E-state index contributed by atoms with van der Waals surface area (Å²) in [6, 6.07) is 11.9. The van der Waals surface area contributed by atoms with Crippen molar-refractivity contribution in [1.82, 2.24) is 10.6 Å². The minimum Gasteiger partial charge on any atom is -0.493 e. The lowest BCUT2D eigenvalue weighted by atomic mass is 9.95. The summed E-state index contributed by atoms with van der Waals surface area (Å²) in [5, 5.41) is 5.42. The number of nitrogens with one attached hydrogen (secondary N) is 2. The van der Waals surface area contributed by atoms with Crippen LogP contribution in [0.5, 0.6) is 11.5 Å². The number of urea groups is 1. The minimum atomic E-state index is -0.672. The predicted molar refractivity (Wildman–Crippen MR) is 108 cm³/mol. The van der Waals surface area contributed by atoms with Crippen LogP contribution in [-0.4, -0.2) is 26.2 Å². The van der Waals surface area contributed by atoms with E-state index >= 15 is 0 Å². The van der Waals surface area contributed by atoms with Gasteiger partial charge in [-0.25, -0.2) is 9.59 Å². The SMILES string of the molecule is COc1ccc([C@H]2NC(=O)NC(C)=C2C(=O)OCc2ccc(C)cc2)cc1OC. The fraction of sp³-hybridized carbons (Fsp3) is 0.273. The average Bonchev–Trinajstić information content (AvgIpc) is 2.72. The molecule has 0 unspecified atom stereocenters. The molecule has 3 rings (SSSR count). The minimum absolute atomic E-state index is 0.141. The second-order valence-electron chi connectivity index (χ2n) is 6.75. The third-order valence-electron chi connectivity index (χ3n) is 4.72. The van der Waals surface area contributed by atoms with Gasteiger partial charge in [-0.3, -0.25) is 0 Å². The Morgan fingerprint density at radius 2 is 1.69 bits per heavy atom. The molecular formula is C22H24N2O5. The highest BCUT2D eigenvalue weighted by molar-refractivity contribution is 5.95. The van der Waals surface area contributed by atoms with Crippen molar-refractivity contribution in [2.45, 2.75) is 26.5 Å². The molecule has 2 aromatic rings. The molecule has 1 aliphatic heterocycles. The van der Waals surface area contributed by atoms with Crippen LogP contribution in [0, 0.1) is 6.92 Å². The van der Waals surface area contributed by atoms with Crippen LogP contribution in [0.4, 0.5) is 4.79 Å². The number of carbonyl (C=O) groups is 2. The van der Waals surface area contributed by atoms with Gasteiger partial charge in [0, 0.05) is 5.70 Å². The largest absolute Gasteiger partial charge is 0.493 e. The van der Waals surface area contributed by atoms with Crippen molar-refractivity contribution >= 4 is 12.0 Å². The summed E-state index contributed by atoms with van der Waals surface area (Å²) in [6.07, 6.45) is 0. The monoisotopic (exact) mass is 396 g/mol. The molecule has 2 aromatic carbocycles. The third kappa shape index (κ3) is 4.51. The number of ether oxygens (including phenoxy) is 3. The molecular weight excluding hydrogens is 372 g/mol. The lowest BCUT2D eigenvalue weighted by Crippen LogP contribution is -2.45. The molecule has 2 amide bonds. The van der Waals surface area contributed by atoms with Crippen molar-refractivity contribution in [3.8, 4) is 11.5 Å². The highest BCUT2D eigenvalue weighted by Crippen LogP contribution is 2.34. The summed E-state index contributed by atoms with van der Waals surface area (Å²) in [5.41, 5.74) is 3.48. The Kier molecular flexibility index (Phi) is 6.07. The molecule has 1 aliphatic rings. The van der Waals surface area contributed by atoms with Crippen LogP contribution in [0.1, 0.15) is 29.7 Å². The molecule has 0 radical (unpaired) electrons. The fourth-order valence-corrected chi connectivity index (χ4v) is 3.16. The number of amides is 2. The number of aryl methyl sites for hydroxylation is 1. The van der Waals surface area contributed by atoms with Crippen LogP contribution in [-0.2, 0) is 16.1 Å². The van der Waals surface area contributed by atoms with Gasteiger partial charge in [-0.2, -0.15) is 0 Å². The Morgan fingerprint density at radius 3 is 2.34 bits per heavy atom. The van der Waals surface area contributed by atoms with Crippen LogP contribution in [0.25, 0.3) is 0 Å². The molecule has 7 heteroatoms. The summed E-state index contributed by atoms with van der Waals surface area (Å²) in [6.45, 7) is 3.81. The molecule has 0 aliphatic carbocycles. The summed E-state index contributed by atoms with van der Waals surface area (Å²) >= 11 is 0. The van der Waals surface area contributed by atoms with E-state index in [0.29, 0.717) is 28.3 Å². The van der Waals surface area contributed by atoms with E-state index in [-0.39, 0.29) is 6.61 Å². The van der Waals surface area contributed by atoms with Gasteiger partial charge in [-0.05, 0) is 37.1 Å². The Balaban J connectivity index is 1.87. The van der Waals surface area contributed by atoms with Crippen molar-refractivity contribution in [3.05, 3.63) is 70.4 Å². The number of hydrogen-bond acceptors (Lipinski definition) is 5. The number of esters is 1. The molecule has 0 saturated carbocycles. The summed E-state index contributed by atoms with van der Waals surface area (Å²) in [7, 11) is 3.07. The van der Waals surface area contributed by atoms with E-state index in [1.807, 2.05) is 31.2 Å². The van der Waals surface area contributed by atoms with Crippen molar-refractivity contribution < 1.29 is 23.8 Å². The van der Waals surface area contributed by atoms with E-state index in [2.05, 4.69) is 10.6 Å². The maximum atomic E-state index is 12.9. The van der Waals surface area contributed by atoms with Gasteiger partial charge in [-0.1, -0.05) is 35.9 Å². The van der Waals surface area contributed by atoms with Gasteiger partial charge in [0.25, 0.3) is 0 Å². The zero-order valence-electron chi connectivity index (χ0n) is 16.9.